The molecular formula is C18H28N2O. The van der Waals surface area contributed by atoms with E-state index in [1.165, 1.54) is 36.9 Å². The highest BCUT2D eigenvalue weighted by Gasteiger charge is 2.33. The molecule has 3 nitrogen and oxygen atoms in total. The lowest BCUT2D eigenvalue weighted by Gasteiger charge is -2.19. The summed E-state index contributed by atoms with van der Waals surface area (Å²) in [6.45, 7) is 5.51. The summed E-state index contributed by atoms with van der Waals surface area (Å²) in [5.41, 5.74) is 2.68. The van der Waals surface area contributed by atoms with Crippen molar-refractivity contribution in [1.29, 1.82) is 0 Å². The van der Waals surface area contributed by atoms with Crippen LogP contribution in [-0.2, 0) is 13.1 Å². The Morgan fingerprint density at radius 1 is 1.33 bits per heavy atom. The Morgan fingerprint density at radius 2 is 2.10 bits per heavy atom. The van der Waals surface area contributed by atoms with Gasteiger partial charge in [-0.25, -0.2) is 0 Å². The maximum absolute atomic E-state index is 5.53. The molecule has 1 aromatic rings. The predicted molar refractivity (Wildman–Crippen MR) is 86.5 cm³/mol. The van der Waals surface area contributed by atoms with E-state index in [1.54, 1.807) is 7.11 Å². The molecule has 2 aliphatic carbocycles. The van der Waals surface area contributed by atoms with Crippen molar-refractivity contribution in [3.63, 3.8) is 0 Å². The average molecular weight is 288 g/mol. The molecule has 2 atom stereocenters. The summed E-state index contributed by atoms with van der Waals surface area (Å²) in [5.74, 6) is 2.84. The third-order valence-electron chi connectivity index (χ3n) is 4.78. The van der Waals surface area contributed by atoms with Crippen LogP contribution in [0.1, 0.15) is 37.3 Å². The van der Waals surface area contributed by atoms with Gasteiger partial charge in [-0.15, -0.1) is 0 Å². The smallest absolute Gasteiger partial charge is 0.123 e. The van der Waals surface area contributed by atoms with Crippen LogP contribution in [0.3, 0.4) is 0 Å². The Morgan fingerprint density at radius 3 is 2.71 bits per heavy atom. The summed E-state index contributed by atoms with van der Waals surface area (Å²) in [6.07, 6.45) is 4.07. The van der Waals surface area contributed by atoms with E-state index in [0.29, 0.717) is 0 Å². The molecule has 0 radical (unpaired) electrons. The fourth-order valence-electron chi connectivity index (χ4n) is 3.02. The zero-order valence-electron chi connectivity index (χ0n) is 13.6. The maximum Gasteiger partial charge on any atom is 0.123 e. The lowest BCUT2D eigenvalue weighted by atomic mass is 10.1. The summed E-state index contributed by atoms with van der Waals surface area (Å²) >= 11 is 0. The Bertz CT molecular complexity index is 484. The average Bonchev–Trinajstić information content (AvgIpc) is 3.37. The molecule has 0 aromatic heterocycles. The van der Waals surface area contributed by atoms with Crippen LogP contribution in [0, 0.1) is 11.8 Å². The van der Waals surface area contributed by atoms with Gasteiger partial charge in [0, 0.05) is 31.2 Å². The highest BCUT2D eigenvalue weighted by molar-refractivity contribution is 5.37. The van der Waals surface area contributed by atoms with E-state index >= 15 is 0 Å². The number of hydrogen-bond donors (Lipinski definition) is 1. The van der Waals surface area contributed by atoms with Gasteiger partial charge in [0.1, 0.15) is 5.75 Å². The quantitative estimate of drug-likeness (QED) is 0.796. The fraction of sp³-hybridized carbons (Fsp3) is 0.667. The minimum atomic E-state index is 0.759. The molecule has 0 heterocycles. The zero-order valence-corrected chi connectivity index (χ0v) is 13.6. The van der Waals surface area contributed by atoms with Gasteiger partial charge in [-0.1, -0.05) is 13.0 Å². The van der Waals surface area contributed by atoms with Crippen LogP contribution in [0.15, 0.2) is 18.2 Å². The van der Waals surface area contributed by atoms with E-state index in [-0.39, 0.29) is 0 Å². The molecule has 3 rings (SSSR count). The Balaban J connectivity index is 1.60. The van der Waals surface area contributed by atoms with Crippen LogP contribution in [0.5, 0.6) is 5.75 Å². The Hall–Kier alpha value is -1.06. The van der Waals surface area contributed by atoms with Gasteiger partial charge in [0.15, 0.2) is 0 Å². The second kappa shape index (κ2) is 6.37. The Kier molecular flexibility index (Phi) is 4.51. The number of rotatable bonds is 8. The van der Waals surface area contributed by atoms with Gasteiger partial charge in [0.05, 0.1) is 7.11 Å². The van der Waals surface area contributed by atoms with Crippen molar-refractivity contribution in [3.8, 4) is 5.75 Å². The summed E-state index contributed by atoms with van der Waals surface area (Å²) in [5, 5.41) is 3.58. The molecule has 21 heavy (non-hydrogen) atoms. The molecule has 0 saturated heterocycles. The van der Waals surface area contributed by atoms with Gasteiger partial charge in [-0.3, -0.25) is 0 Å². The highest BCUT2D eigenvalue weighted by atomic mass is 16.5. The molecule has 2 unspecified atom stereocenters. The number of nitrogens with one attached hydrogen (secondary N) is 1. The number of nitrogens with zero attached hydrogens (tertiary/aromatic N) is 1. The minimum Gasteiger partial charge on any atom is -0.496 e. The van der Waals surface area contributed by atoms with Crippen LogP contribution in [0.25, 0.3) is 0 Å². The number of methoxy groups -OCH3 is 1. The number of hydrogen-bond acceptors (Lipinski definition) is 3. The highest BCUT2D eigenvalue weighted by Crippen LogP contribution is 2.38. The first kappa shape index (κ1) is 14.9. The maximum atomic E-state index is 5.53. The van der Waals surface area contributed by atoms with Crippen LogP contribution in [0.4, 0.5) is 0 Å². The van der Waals surface area contributed by atoms with Crippen molar-refractivity contribution in [2.24, 2.45) is 11.8 Å². The molecule has 2 fully saturated rings. The van der Waals surface area contributed by atoms with Crippen molar-refractivity contribution in [3.05, 3.63) is 29.3 Å². The first-order chi connectivity index (χ1) is 10.2. The summed E-state index contributed by atoms with van der Waals surface area (Å²) < 4.78 is 5.53. The summed E-state index contributed by atoms with van der Waals surface area (Å²) in [7, 11) is 3.99. The molecular weight excluding hydrogens is 260 g/mol. The minimum absolute atomic E-state index is 0.759. The van der Waals surface area contributed by atoms with E-state index in [2.05, 4.69) is 42.4 Å². The summed E-state index contributed by atoms with van der Waals surface area (Å²) in [6, 6.07) is 7.36. The predicted octanol–water partition coefficient (Wildman–Crippen LogP) is 3.04. The van der Waals surface area contributed by atoms with Crippen LogP contribution in [0.2, 0.25) is 0 Å². The molecule has 0 bridgehead atoms. The van der Waals surface area contributed by atoms with Crippen molar-refractivity contribution in [1.82, 2.24) is 10.2 Å². The van der Waals surface area contributed by atoms with Crippen LogP contribution < -0.4 is 10.1 Å². The van der Waals surface area contributed by atoms with Crippen molar-refractivity contribution < 1.29 is 4.74 Å². The topological polar surface area (TPSA) is 24.5 Å². The largest absolute Gasteiger partial charge is 0.496 e. The lowest BCUT2D eigenvalue weighted by Crippen LogP contribution is -2.21. The molecule has 3 heteroatoms. The van der Waals surface area contributed by atoms with E-state index in [4.69, 9.17) is 4.74 Å². The first-order valence-electron chi connectivity index (χ1n) is 8.23. The molecule has 0 aliphatic heterocycles. The molecule has 2 saturated carbocycles. The third kappa shape index (κ3) is 4.21. The first-order valence-corrected chi connectivity index (χ1v) is 8.23. The van der Waals surface area contributed by atoms with Crippen LogP contribution >= 0.6 is 0 Å². The van der Waals surface area contributed by atoms with E-state index in [0.717, 1.165) is 36.7 Å². The van der Waals surface area contributed by atoms with E-state index in [1.807, 2.05) is 0 Å². The van der Waals surface area contributed by atoms with Gasteiger partial charge >= 0.3 is 0 Å². The van der Waals surface area contributed by atoms with Gasteiger partial charge < -0.3 is 15.0 Å². The van der Waals surface area contributed by atoms with Crippen LogP contribution in [-0.4, -0.2) is 31.6 Å². The summed E-state index contributed by atoms with van der Waals surface area (Å²) in [4.78, 5) is 2.43. The number of ether oxygens (including phenoxy) is 1. The van der Waals surface area contributed by atoms with Crippen molar-refractivity contribution >= 4 is 0 Å². The van der Waals surface area contributed by atoms with Crippen molar-refractivity contribution in [2.75, 3.05) is 20.7 Å². The normalized spacial score (nSPS) is 24.4. The molecule has 2 aliphatic rings. The SMILES string of the molecule is COc1ccc(CNC2CC2)cc1CN(C)CC1CC1C. The molecule has 0 amide bonds. The monoisotopic (exact) mass is 288 g/mol. The fourth-order valence-corrected chi connectivity index (χ4v) is 3.02. The second-order valence-electron chi connectivity index (χ2n) is 6.97. The van der Waals surface area contributed by atoms with E-state index in [9.17, 15) is 0 Å². The standard InChI is InChI=1S/C18H28N2O/c1-13-8-15(13)11-20(2)12-16-9-14(4-7-18(16)21-3)10-19-17-5-6-17/h4,7,9,13,15,17,19H,5-6,8,10-12H2,1-3H3. The molecule has 116 valence electrons. The third-order valence-corrected chi connectivity index (χ3v) is 4.78. The van der Waals surface area contributed by atoms with Gasteiger partial charge in [-0.05, 0) is 55.8 Å². The van der Waals surface area contributed by atoms with Crippen molar-refractivity contribution in [2.45, 2.75) is 45.3 Å². The Labute approximate surface area is 128 Å². The lowest BCUT2D eigenvalue weighted by molar-refractivity contribution is 0.300. The second-order valence-corrected chi connectivity index (χ2v) is 6.97. The van der Waals surface area contributed by atoms with Gasteiger partial charge in [0.2, 0.25) is 0 Å². The van der Waals surface area contributed by atoms with Gasteiger partial charge in [0.25, 0.3) is 0 Å². The molecule has 1 N–H and O–H groups in total. The zero-order chi connectivity index (χ0) is 14.8. The van der Waals surface area contributed by atoms with E-state index < -0.39 is 0 Å². The van der Waals surface area contributed by atoms with Gasteiger partial charge in [-0.2, -0.15) is 0 Å². The number of benzene rings is 1. The molecule has 1 aromatic carbocycles. The molecule has 0 spiro atoms.